The van der Waals surface area contributed by atoms with Gasteiger partial charge in [0, 0.05) is 29.4 Å². The van der Waals surface area contributed by atoms with Crippen molar-refractivity contribution in [2.24, 2.45) is 0 Å². The highest BCUT2D eigenvalue weighted by Crippen LogP contribution is 2.25. The van der Waals surface area contributed by atoms with Crippen LogP contribution in [0.5, 0.6) is 0 Å². The first kappa shape index (κ1) is 14.2. The van der Waals surface area contributed by atoms with Crippen LogP contribution >= 0.6 is 11.3 Å². The second-order valence-corrected chi connectivity index (χ2v) is 6.66. The van der Waals surface area contributed by atoms with Crippen molar-refractivity contribution in [2.75, 3.05) is 0 Å². The van der Waals surface area contributed by atoms with E-state index in [4.69, 9.17) is 4.52 Å². The summed E-state index contributed by atoms with van der Waals surface area (Å²) in [5, 5.41) is 10.7. The molecule has 0 saturated heterocycles. The molecule has 0 fully saturated rings. The van der Waals surface area contributed by atoms with Crippen molar-refractivity contribution in [3.63, 3.8) is 0 Å². The van der Waals surface area contributed by atoms with Gasteiger partial charge in [0.25, 0.3) is 0 Å². The van der Waals surface area contributed by atoms with E-state index >= 15 is 0 Å². The molecule has 0 aliphatic rings. The van der Waals surface area contributed by atoms with Crippen molar-refractivity contribution in [3.05, 3.63) is 33.1 Å². The molecule has 0 spiro atoms. The molecular formula is C14H21N3OS. The summed E-state index contributed by atoms with van der Waals surface area (Å²) in [7, 11) is 0. The lowest BCUT2D eigenvalue weighted by molar-refractivity contribution is 0.392. The van der Waals surface area contributed by atoms with Gasteiger partial charge in [-0.05, 0) is 13.8 Å². The monoisotopic (exact) mass is 279 g/mol. The van der Waals surface area contributed by atoms with E-state index in [0.29, 0.717) is 0 Å². The normalized spacial score (nSPS) is 12.1. The molecular weight excluding hydrogens is 258 g/mol. The summed E-state index contributed by atoms with van der Waals surface area (Å²) >= 11 is 1.73. The third kappa shape index (κ3) is 3.42. The summed E-state index contributed by atoms with van der Waals surface area (Å²) in [5.41, 5.74) is 3.33. The minimum atomic E-state index is 0.130. The molecule has 2 rings (SSSR count). The van der Waals surface area contributed by atoms with E-state index < -0.39 is 0 Å². The van der Waals surface area contributed by atoms with Crippen molar-refractivity contribution in [1.82, 2.24) is 15.5 Å². The molecule has 2 aromatic heterocycles. The fraction of sp³-hybridized carbons (Fsp3) is 0.571. The SMILES string of the molecule is Cc1noc(C)c1CNCc1csc(C(C)(C)C)n1. The quantitative estimate of drug-likeness (QED) is 0.932. The van der Waals surface area contributed by atoms with Gasteiger partial charge >= 0.3 is 0 Å². The van der Waals surface area contributed by atoms with Crippen LogP contribution in [-0.2, 0) is 18.5 Å². The van der Waals surface area contributed by atoms with Gasteiger partial charge in [-0.3, -0.25) is 0 Å². The summed E-state index contributed by atoms with van der Waals surface area (Å²) in [4.78, 5) is 4.66. The molecule has 19 heavy (non-hydrogen) atoms. The molecule has 2 heterocycles. The smallest absolute Gasteiger partial charge is 0.138 e. The zero-order valence-electron chi connectivity index (χ0n) is 12.2. The van der Waals surface area contributed by atoms with Gasteiger partial charge in [0.1, 0.15) is 5.76 Å². The van der Waals surface area contributed by atoms with Crippen LogP contribution in [0.25, 0.3) is 0 Å². The van der Waals surface area contributed by atoms with Gasteiger partial charge in [-0.25, -0.2) is 4.98 Å². The molecule has 4 nitrogen and oxygen atoms in total. The lowest BCUT2D eigenvalue weighted by Gasteiger charge is -2.13. The van der Waals surface area contributed by atoms with Crippen LogP contribution < -0.4 is 5.32 Å². The van der Waals surface area contributed by atoms with E-state index in [1.165, 1.54) is 5.01 Å². The van der Waals surface area contributed by atoms with Gasteiger partial charge in [-0.1, -0.05) is 25.9 Å². The molecule has 0 bridgehead atoms. The molecule has 0 amide bonds. The van der Waals surface area contributed by atoms with Crippen LogP contribution in [0.4, 0.5) is 0 Å². The fourth-order valence-electron chi connectivity index (χ4n) is 1.80. The van der Waals surface area contributed by atoms with Gasteiger partial charge in [0.2, 0.25) is 0 Å². The number of nitrogens with zero attached hydrogens (tertiary/aromatic N) is 2. The number of nitrogens with one attached hydrogen (secondary N) is 1. The van der Waals surface area contributed by atoms with Crippen LogP contribution in [0.2, 0.25) is 0 Å². The average molecular weight is 279 g/mol. The van der Waals surface area contributed by atoms with Crippen LogP contribution in [0.15, 0.2) is 9.90 Å². The Morgan fingerprint density at radius 2 is 2.00 bits per heavy atom. The molecule has 0 aromatic carbocycles. The van der Waals surface area contributed by atoms with Gasteiger partial charge in [0.05, 0.1) is 16.4 Å². The molecule has 0 radical (unpaired) electrons. The van der Waals surface area contributed by atoms with E-state index in [1.807, 2.05) is 13.8 Å². The van der Waals surface area contributed by atoms with Crippen LogP contribution in [0.3, 0.4) is 0 Å². The lowest BCUT2D eigenvalue weighted by atomic mass is 9.98. The molecule has 0 saturated carbocycles. The third-order valence-electron chi connectivity index (χ3n) is 2.98. The number of rotatable bonds is 4. The summed E-state index contributed by atoms with van der Waals surface area (Å²) in [5.74, 6) is 0.888. The van der Waals surface area contributed by atoms with E-state index in [9.17, 15) is 0 Å². The van der Waals surface area contributed by atoms with Crippen molar-refractivity contribution in [2.45, 2.75) is 53.1 Å². The molecule has 0 aliphatic heterocycles. The number of thiazole rings is 1. The predicted octanol–water partition coefficient (Wildman–Crippen LogP) is 3.34. The summed E-state index contributed by atoms with van der Waals surface area (Å²) in [6, 6.07) is 0. The van der Waals surface area contributed by atoms with Crippen molar-refractivity contribution in [1.29, 1.82) is 0 Å². The lowest BCUT2D eigenvalue weighted by Crippen LogP contribution is -2.15. The molecule has 0 unspecified atom stereocenters. The average Bonchev–Trinajstić information content (AvgIpc) is 2.90. The maximum atomic E-state index is 5.14. The maximum absolute atomic E-state index is 5.14. The standard InChI is InChI=1S/C14H21N3OS/c1-9-12(10(2)18-17-9)7-15-6-11-8-19-13(16-11)14(3,4)5/h8,15H,6-7H2,1-5H3. The Kier molecular flexibility index (Phi) is 4.06. The number of aryl methyl sites for hydroxylation is 2. The minimum absolute atomic E-state index is 0.130. The maximum Gasteiger partial charge on any atom is 0.138 e. The van der Waals surface area contributed by atoms with Crippen LogP contribution in [0, 0.1) is 13.8 Å². The van der Waals surface area contributed by atoms with Gasteiger partial charge in [-0.15, -0.1) is 11.3 Å². The highest BCUT2D eigenvalue weighted by Gasteiger charge is 2.17. The highest BCUT2D eigenvalue weighted by atomic mass is 32.1. The fourth-order valence-corrected chi connectivity index (χ4v) is 2.71. The Morgan fingerprint density at radius 1 is 1.26 bits per heavy atom. The van der Waals surface area contributed by atoms with Gasteiger partial charge in [-0.2, -0.15) is 0 Å². The Morgan fingerprint density at radius 3 is 2.53 bits per heavy atom. The van der Waals surface area contributed by atoms with Crippen molar-refractivity contribution < 1.29 is 4.52 Å². The van der Waals surface area contributed by atoms with E-state index in [-0.39, 0.29) is 5.41 Å². The van der Waals surface area contributed by atoms with Gasteiger partial charge in [0.15, 0.2) is 0 Å². The molecule has 1 N–H and O–H groups in total. The molecule has 0 aliphatic carbocycles. The Balaban J connectivity index is 1.91. The Labute approximate surface area is 118 Å². The molecule has 2 aromatic rings. The van der Waals surface area contributed by atoms with Crippen molar-refractivity contribution in [3.8, 4) is 0 Å². The summed E-state index contributed by atoms with van der Waals surface area (Å²) in [6.45, 7) is 12.0. The van der Waals surface area contributed by atoms with E-state index in [2.05, 4.69) is 41.6 Å². The zero-order chi connectivity index (χ0) is 14.0. The first-order chi connectivity index (χ1) is 8.88. The second-order valence-electron chi connectivity index (χ2n) is 5.80. The Bertz CT molecular complexity index is 532. The van der Waals surface area contributed by atoms with Gasteiger partial charge < -0.3 is 9.84 Å². The summed E-state index contributed by atoms with van der Waals surface area (Å²) in [6.07, 6.45) is 0. The number of aromatic nitrogens is 2. The predicted molar refractivity (Wildman–Crippen MR) is 77.3 cm³/mol. The second kappa shape index (κ2) is 5.43. The number of hydrogen-bond acceptors (Lipinski definition) is 5. The zero-order valence-corrected chi connectivity index (χ0v) is 13.0. The third-order valence-corrected chi connectivity index (χ3v) is 4.30. The molecule has 104 valence electrons. The number of hydrogen-bond donors (Lipinski definition) is 1. The topological polar surface area (TPSA) is 51.0 Å². The van der Waals surface area contributed by atoms with E-state index in [1.54, 1.807) is 11.3 Å². The van der Waals surface area contributed by atoms with Crippen LogP contribution in [0.1, 0.15) is 48.5 Å². The summed E-state index contributed by atoms with van der Waals surface area (Å²) < 4.78 is 5.14. The van der Waals surface area contributed by atoms with E-state index in [0.717, 1.165) is 35.8 Å². The first-order valence-electron chi connectivity index (χ1n) is 6.45. The highest BCUT2D eigenvalue weighted by molar-refractivity contribution is 7.09. The Hall–Kier alpha value is -1.20. The largest absolute Gasteiger partial charge is 0.361 e. The first-order valence-corrected chi connectivity index (χ1v) is 7.33. The molecule has 0 atom stereocenters. The van der Waals surface area contributed by atoms with Crippen LogP contribution in [-0.4, -0.2) is 10.1 Å². The van der Waals surface area contributed by atoms with Crippen molar-refractivity contribution >= 4 is 11.3 Å². The minimum Gasteiger partial charge on any atom is -0.361 e. The molecule has 5 heteroatoms.